The van der Waals surface area contributed by atoms with Crippen LogP contribution in [0.25, 0.3) is 0 Å². The third kappa shape index (κ3) is 5.46. The molecule has 0 bridgehead atoms. The van der Waals surface area contributed by atoms with E-state index in [2.05, 4.69) is 12.1 Å². The van der Waals surface area contributed by atoms with Gasteiger partial charge in [-0.25, -0.2) is 0 Å². The topological polar surface area (TPSA) is 26.3 Å². The highest BCUT2D eigenvalue weighted by atomic mass is 16.5. The monoisotopic (exact) mass is 260 g/mol. The second-order valence-corrected chi connectivity index (χ2v) is 5.50. The molecule has 0 spiro atoms. The smallest absolute Gasteiger partial charge is 0.305 e. The maximum absolute atomic E-state index is 11.6. The standard InChI is InChI=1S/C17H24O2/c18-17(13-12-16-9-4-5-10-16)19-14-6-11-15-7-2-1-3-8-15/h1-3,7-8,16H,4-6,9-14H2. The van der Waals surface area contributed by atoms with Crippen molar-refractivity contribution in [2.24, 2.45) is 5.92 Å². The third-order valence-corrected chi connectivity index (χ3v) is 3.95. The summed E-state index contributed by atoms with van der Waals surface area (Å²) in [5, 5.41) is 0. The quantitative estimate of drug-likeness (QED) is 0.544. The molecule has 1 fully saturated rings. The predicted molar refractivity (Wildman–Crippen MR) is 76.9 cm³/mol. The van der Waals surface area contributed by atoms with Crippen molar-refractivity contribution in [1.29, 1.82) is 0 Å². The first-order chi connectivity index (χ1) is 9.34. The summed E-state index contributed by atoms with van der Waals surface area (Å²) in [4.78, 5) is 11.6. The van der Waals surface area contributed by atoms with E-state index in [9.17, 15) is 4.79 Å². The van der Waals surface area contributed by atoms with E-state index in [1.54, 1.807) is 0 Å². The minimum atomic E-state index is -0.0139. The fourth-order valence-corrected chi connectivity index (χ4v) is 2.80. The molecular weight excluding hydrogens is 236 g/mol. The Morgan fingerprint density at radius 1 is 1.16 bits per heavy atom. The summed E-state index contributed by atoms with van der Waals surface area (Å²) in [6, 6.07) is 10.3. The van der Waals surface area contributed by atoms with E-state index in [0.29, 0.717) is 13.0 Å². The summed E-state index contributed by atoms with van der Waals surface area (Å²) in [7, 11) is 0. The number of hydrogen-bond donors (Lipinski definition) is 0. The van der Waals surface area contributed by atoms with Crippen LogP contribution in [0, 0.1) is 5.92 Å². The molecule has 1 aliphatic carbocycles. The lowest BCUT2D eigenvalue weighted by atomic mass is 10.0. The van der Waals surface area contributed by atoms with Gasteiger partial charge in [-0.05, 0) is 30.7 Å². The summed E-state index contributed by atoms with van der Waals surface area (Å²) >= 11 is 0. The van der Waals surface area contributed by atoms with Gasteiger partial charge >= 0.3 is 5.97 Å². The lowest BCUT2D eigenvalue weighted by Crippen LogP contribution is -2.08. The van der Waals surface area contributed by atoms with Gasteiger partial charge in [0.15, 0.2) is 0 Å². The summed E-state index contributed by atoms with van der Waals surface area (Å²) in [5.41, 5.74) is 1.31. The van der Waals surface area contributed by atoms with Gasteiger partial charge in [0.05, 0.1) is 6.61 Å². The number of carbonyl (C=O) groups excluding carboxylic acids is 1. The van der Waals surface area contributed by atoms with Gasteiger partial charge < -0.3 is 4.74 Å². The Bertz CT molecular complexity index is 366. The van der Waals surface area contributed by atoms with Crippen LogP contribution in [0.15, 0.2) is 30.3 Å². The molecule has 2 heteroatoms. The fraction of sp³-hybridized carbons (Fsp3) is 0.588. The van der Waals surface area contributed by atoms with Gasteiger partial charge in [0.25, 0.3) is 0 Å². The van der Waals surface area contributed by atoms with Gasteiger partial charge in [0.2, 0.25) is 0 Å². The highest BCUT2D eigenvalue weighted by Crippen LogP contribution is 2.28. The van der Waals surface area contributed by atoms with E-state index in [1.165, 1.54) is 31.2 Å². The van der Waals surface area contributed by atoms with E-state index >= 15 is 0 Å². The Morgan fingerprint density at radius 3 is 2.63 bits per heavy atom. The Hall–Kier alpha value is -1.31. The van der Waals surface area contributed by atoms with Crippen LogP contribution in [-0.2, 0) is 16.0 Å². The van der Waals surface area contributed by atoms with Crippen LogP contribution in [-0.4, -0.2) is 12.6 Å². The van der Waals surface area contributed by atoms with Crippen LogP contribution in [0.4, 0.5) is 0 Å². The zero-order valence-corrected chi connectivity index (χ0v) is 11.6. The van der Waals surface area contributed by atoms with Gasteiger partial charge in [0, 0.05) is 6.42 Å². The first kappa shape index (κ1) is 14.1. The molecule has 0 atom stereocenters. The normalized spacial score (nSPS) is 15.6. The lowest BCUT2D eigenvalue weighted by Gasteiger charge is -2.08. The molecule has 2 nitrogen and oxygen atoms in total. The summed E-state index contributed by atoms with van der Waals surface area (Å²) in [5.74, 6) is 0.761. The summed E-state index contributed by atoms with van der Waals surface area (Å²) < 4.78 is 5.28. The zero-order valence-electron chi connectivity index (χ0n) is 11.6. The zero-order chi connectivity index (χ0) is 13.3. The number of benzene rings is 1. The first-order valence-electron chi connectivity index (χ1n) is 7.54. The van der Waals surface area contributed by atoms with Gasteiger partial charge in [-0.1, -0.05) is 56.0 Å². The lowest BCUT2D eigenvalue weighted by molar-refractivity contribution is -0.144. The molecule has 2 rings (SSSR count). The van der Waals surface area contributed by atoms with E-state index in [4.69, 9.17) is 4.74 Å². The largest absolute Gasteiger partial charge is 0.466 e. The highest BCUT2D eigenvalue weighted by Gasteiger charge is 2.16. The van der Waals surface area contributed by atoms with Crippen molar-refractivity contribution in [3.8, 4) is 0 Å². The van der Waals surface area contributed by atoms with Gasteiger partial charge in [-0.3, -0.25) is 4.79 Å². The van der Waals surface area contributed by atoms with Crippen LogP contribution in [0.3, 0.4) is 0 Å². The van der Waals surface area contributed by atoms with E-state index in [0.717, 1.165) is 25.2 Å². The number of ether oxygens (including phenoxy) is 1. The Kier molecular flexibility index (Phi) is 5.93. The minimum Gasteiger partial charge on any atom is -0.466 e. The van der Waals surface area contributed by atoms with Gasteiger partial charge in [-0.2, -0.15) is 0 Å². The molecule has 104 valence electrons. The second-order valence-electron chi connectivity index (χ2n) is 5.50. The number of rotatable bonds is 7. The first-order valence-corrected chi connectivity index (χ1v) is 7.54. The van der Waals surface area contributed by atoms with Crippen molar-refractivity contribution in [1.82, 2.24) is 0 Å². The average Bonchev–Trinajstić information content (AvgIpc) is 2.96. The molecule has 0 saturated heterocycles. The third-order valence-electron chi connectivity index (χ3n) is 3.95. The molecule has 0 aliphatic heterocycles. The van der Waals surface area contributed by atoms with Crippen LogP contribution in [0.1, 0.15) is 50.5 Å². The van der Waals surface area contributed by atoms with Crippen molar-refractivity contribution in [3.63, 3.8) is 0 Å². The van der Waals surface area contributed by atoms with Crippen LogP contribution < -0.4 is 0 Å². The van der Waals surface area contributed by atoms with Crippen molar-refractivity contribution < 1.29 is 9.53 Å². The van der Waals surface area contributed by atoms with E-state index < -0.39 is 0 Å². The number of aryl methyl sites for hydroxylation is 1. The molecule has 0 N–H and O–H groups in total. The van der Waals surface area contributed by atoms with Crippen molar-refractivity contribution >= 4 is 5.97 Å². The molecule has 1 aromatic carbocycles. The van der Waals surface area contributed by atoms with E-state index in [-0.39, 0.29) is 5.97 Å². The molecule has 1 saturated carbocycles. The highest BCUT2D eigenvalue weighted by molar-refractivity contribution is 5.69. The molecule has 1 aliphatic rings. The SMILES string of the molecule is O=C(CCC1CCCC1)OCCCc1ccccc1. The number of carbonyl (C=O) groups is 1. The maximum Gasteiger partial charge on any atom is 0.305 e. The van der Waals surface area contributed by atoms with E-state index in [1.807, 2.05) is 18.2 Å². The summed E-state index contributed by atoms with van der Waals surface area (Å²) in [6.45, 7) is 0.554. The Balaban J connectivity index is 1.51. The number of hydrogen-bond acceptors (Lipinski definition) is 2. The molecule has 0 unspecified atom stereocenters. The van der Waals surface area contributed by atoms with Gasteiger partial charge in [0.1, 0.15) is 0 Å². The molecule has 0 heterocycles. The molecule has 1 aromatic rings. The minimum absolute atomic E-state index is 0.0139. The second kappa shape index (κ2) is 7.98. The maximum atomic E-state index is 11.6. The molecule has 0 radical (unpaired) electrons. The van der Waals surface area contributed by atoms with Crippen molar-refractivity contribution in [3.05, 3.63) is 35.9 Å². The van der Waals surface area contributed by atoms with Crippen molar-refractivity contribution in [2.75, 3.05) is 6.61 Å². The molecular formula is C17H24O2. The molecule has 0 amide bonds. The van der Waals surface area contributed by atoms with Crippen molar-refractivity contribution in [2.45, 2.75) is 51.4 Å². The number of esters is 1. The Labute approximate surface area is 116 Å². The molecule has 19 heavy (non-hydrogen) atoms. The predicted octanol–water partition coefficient (Wildman–Crippen LogP) is 4.13. The van der Waals surface area contributed by atoms with Crippen LogP contribution in [0.2, 0.25) is 0 Å². The average molecular weight is 260 g/mol. The fourth-order valence-electron chi connectivity index (χ4n) is 2.80. The van der Waals surface area contributed by atoms with Crippen LogP contribution >= 0.6 is 0 Å². The Morgan fingerprint density at radius 2 is 1.89 bits per heavy atom. The molecule has 0 aromatic heterocycles. The van der Waals surface area contributed by atoms with Gasteiger partial charge in [-0.15, -0.1) is 0 Å². The summed E-state index contributed by atoms with van der Waals surface area (Å²) in [6.07, 6.45) is 8.83. The van der Waals surface area contributed by atoms with Crippen LogP contribution in [0.5, 0.6) is 0 Å².